The maximum Gasteiger partial charge on any atom is 0.231 e. The van der Waals surface area contributed by atoms with E-state index in [-0.39, 0.29) is 0 Å². The fourth-order valence-corrected chi connectivity index (χ4v) is 0. The van der Waals surface area contributed by atoms with Crippen LogP contribution in [0.2, 0.25) is 0 Å². The Bertz CT molecular complexity index is 95.4. The van der Waals surface area contributed by atoms with Gasteiger partial charge in [-0.15, -0.1) is 0 Å². The van der Waals surface area contributed by atoms with Crippen molar-refractivity contribution in [3.05, 3.63) is 12.2 Å². The monoisotopic (exact) mass is 143 g/mol. The lowest BCUT2D eigenvalue weighted by Crippen LogP contribution is -1.26. The summed E-state index contributed by atoms with van der Waals surface area (Å²) in [5, 5.41) is 5.40. The van der Waals surface area contributed by atoms with Crippen LogP contribution in [0, 0.1) is 5.41 Å². The maximum atomic E-state index is 8.35. The summed E-state index contributed by atoms with van der Waals surface area (Å²) in [7, 11) is 0. The van der Waals surface area contributed by atoms with Crippen molar-refractivity contribution in [2.24, 2.45) is 0 Å². The molecule has 0 spiro atoms. The summed E-state index contributed by atoms with van der Waals surface area (Å²) in [6.45, 7) is 6.00. The van der Waals surface area contributed by atoms with E-state index >= 15 is 0 Å². The Balaban J connectivity index is 0. The van der Waals surface area contributed by atoms with Crippen LogP contribution in [0.3, 0.4) is 0 Å². The van der Waals surface area contributed by atoms with Gasteiger partial charge in [-0.25, -0.2) is 10.2 Å². The number of allylic oxidation sites excluding steroid dienone is 2. The largest absolute Gasteiger partial charge is 0.377 e. The number of carbonyl (C=O) groups excluding carboxylic acids is 1. The van der Waals surface area contributed by atoms with Crippen LogP contribution < -0.4 is 0 Å². The molecule has 0 aromatic heterocycles. The van der Waals surface area contributed by atoms with E-state index in [0.29, 0.717) is 0 Å². The van der Waals surface area contributed by atoms with Crippen LogP contribution in [0.15, 0.2) is 12.2 Å². The first kappa shape index (κ1) is 11.8. The van der Waals surface area contributed by atoms with Crippen LogP contribution in [-0.4, -0.2) is 19.3 Å². The van der Waals surface area contributed by atoms with E-state index in [9.17, 15) is 0 Å². The summed E-state index contributed by atoms with van der Waals surface area (Å²) >= 11 is 0. The molecule has 0 aromatic carbocycles. The molecular formula is C7H13NO2. The van der Waals surface area contributed by atoms with Crippen molar-refractivity contribution >= 4 is 6.08 Å². The van der Waals surface area contributed by atoms with Gasteiger partial charge >= 0.3 is 0 Å². The predicted octanol–water partition coefficient (Wildman–Crippen LogP) is 1.50. The highest BCUT2D eigenvalue weighted by molar-refractivity contribution is 5.26. The van der Waals surface area contributed by atoms with Gasteiger partial charge in [-0.1, -0.05) is 12.2 Å². The van der Waals surface area contributed by atoms with Crippen LogP contribution >= 0.6 is 0 Å². The van der Waals surface area contributed by atoms with Crippen molar-refractivity contribution in [3.8, 4) is 0 Å². The summed E-state index contributed by atoms with van der Waals surface area (Å²) in [4.78, 5) is 8.35. The summed E-state index contributed by atoms with van der Waals surface area (Å²) in [5.41, 5.74) is 0. The van der Waals surface area contributed by atoms with E-state index in [1.807, 2.05) is 26.0 Å². The maximum absolute atomic E-state index is 8.35. The zero-order valence-corrected chi connectivity index (χ0v) is 6.39. The highest BCUT2D eigenvalue weighted by Crippen LogP contribution is 1.84. The molecule has 1 aliphatic heterocycles. The average molecular weight is 143 g/mol. The highest BCUT2D eigenvalue weighted by atomic mass is 16.6. The zero-order valence-electron chi connectivity index (χ0n) is 6.39. The van der Waals surface area contributed by atoms with Gasteiger partial charge in [0.05, 0.1) is 13.2 Å². The van der Waals surface area contributed by atoms with Gasteiger partial charge in [-0.3, -0.25) is 0 Å². The number of rotatable bonds is 0. The van der Waals surface area contributed by atoms with E-state index in [0.717, 1.165) is 19.3 Å². The first-order chi connectivity index (χ1) is 4.83. The van der Waals surface area contributed by atoms with E-state index in [4.69, 9.17) is 10.2 Å². The second-order valence-corrected chi connectivity index (χ2v) is 1.38. The lowest BCUT2D eigenvalue weighted by atomic mass is 10.6. The molecule has 3 nitrogen and oxygen atoms in total. The average Bonchev–Trinajstić information content (AvgIpc) is 2.73. The molecule has 0 amide bonds. The van der Waals surface area contributed by atoms with E-state index < -0.39 is 0 Å². The lowest BCUT2D eigenvalue weighted by Gasteiger charge is -1.49. The zero-order chi connectivity index (χ0) is 8.24. The summed E-state index contributed by atoms with van der Waals surface area (Å²) in [6.07, 6.45) is 4.75. The van der Waals surface area contributed by atoms with Gasteiger partial charge in [0, 0.05) is 0 Å². The smallest absolute Gasteiger partial charge is 0.231 e. The molecule has 0 radical (unpaired) electrons. The van der Waals surface area contributed by atoms with Gasteiger partial charge in [0.1, 0.15) is 0 Å². The third kappa shape index (κ3) is 224. The molecule has 1 rings (SSSR count). The van der Waals surface area contributed by atoms with Gasteiger partial charge in [-0.2, -0.15) is 0 Å². The van der Waals surface area contributed by atoms with E-state index in [1.54, 1.807) is 0 Å². The molecule has 0 bridgehead atoms. The van der Waals surface area contributed by atoms with Crippen molar-refractivity contribution < 1.29 is 9.53 Å². The molecule has 1 N–H and O–H groups in total. The Hall–Kier alpha value is -0.920. The second-order valence-electron chi connectivity index (χ2n) is 1.38. The molecule has 58 valence electrons. The van der Waals surface area contributed by atoms with Crippen molar-refractivity contribution in [2.75, 3.05) is 13.2 Å². The molecule has 0 aliphatic carbocycles. The molecule has 0 aromatic rings. The Morgan fingerprint density at radius 1 is 1.40 bits per heavy atom. The molecular weight excluding hydrogens is 130 g/mol. The van der Waals surface area contributed by atoms with Crippen molar-refractivity contribution in [2.45, 2.75) is 13.8 Å². The van der Waals surface area contributed by atoms with Gasteiger partial charge in [0.15, 0.2) is 0 Å². The number of hydrogen-bond donors (Lipinski definition) is 1. The Morgan fingerprint density at radius 2 is 1.60 bits per heavy atom. The predicted molar refractivity (Wildman–Crippen MR) is 39.7 cm³/mol. The molecule has 0 saturated carbocycles. The Kier molecular flexibility index (Phi) is 18.6. The van der Waals surface area contributed by atoms with Crippen molar-refractivity contribution in [3.63, 3.8) is 0 Å². The molecule has 1 heterocycles. The number of isocyanates is 1. The number of ether oxygens (including phenoxy) is 1. The van der Waals surface area contributed by atoms with E-state index in [2.05, 4.69) is 4.74 Å². The molecule has 1 fully saturated rings. The number of epoxide rings is 1. The van der Waals surface area contributed by atoms with Crippen LogP contribution in [0.25, 0.3) is 0 Å². The third-order valence-electron chi connectivity index (χ3n) is 0.537. The Labute approximate surface area is 61.2 Å². The van der Waals surface area contributed by atoms with Crippen LogP contribution in [0.4, 0.5) is 0 Å². The SMILES string of the molecule is C1CO1.CC=CC.N=C=O. The molecule has 3 heteroatoms. The first-order valence-electron chi connectivity index (χ1n) is 3.02. The highest BCUT2D eigenvalue weighted by Gasteiger charge is 1.94. The quantitative estimate of drug-likeness (QED) is 0.242. The number of nitrogens with one attached hydrogen (secondary N) is 1. The molecule has 0 unspecified atom stereocenters. The molecule has 1 saturated heterocycles. The molecule has 0 atom stereocenters. The van der Waals surface area contributed by atoms with E-state index in [1.165, 1.54) is 0 Å². The Morgan fingerprint density at radius 3 is 1.60 bits per heavy atom. The second kappa shape index (κ2) is 15.7. The summed E-state index contributed by atoms with van der Waals surface area (Å²) in [6, 6.07) is 0. The molecule has 1 aliphatic rings. The molecule has 10 heavy (non-hydrogen) atoms. The minimum atomic E-state index is 0.750. The van der Waals surface area contributed by atoms with Gasteiger partial charge in [0.25, 0.3) is 0 Å². The van der Waals surface area contributed by atoms with Gasteiger partial charge in [-0.05, 0) is 13.8 Å². The van der Waals surface area contributed by atoms with Crippen LogP contribution in [0.1, 0.15) is 13.8 Å². The summed E-state index contributed by atoms with van der Waals surface area (Å²) in [5.74, 6) is 0. The fourth-order valence-electron chi connectivity index (χ4n) is 0. The van der Waals surface area contributed by atoms with Crippen molar-refractivity contribution in [1.29, 1.82) is 5.41 Å². The standard InChI is InChI=1S/C4H8.C2H4O.CHNO/c1-3-4-2;1-2-3-1;2-1-3/h3-4H,1-2H3;1-2H2;2H. The first-order valence-corrected chi connectivity index (χ1v) is 3.02. The third-order valence-corrected chi connectivity index (χ3v) is 0.537. The summed E-state index contributed by atoms with van der Waals surface area (Å²) < 4.78 is 4.50. The van der Waals surface area contributed by atoms with Gasteiger partial charge < -0.3 is 4.74 Å². The fraction of sp³-hybridized carbons (Fsp3) is 0.571. The minimum absolute atomic E-state index is 0.750. The van der Waals surface area contributed by atoms with Crippen molar-refractivity contribution in [1.82, 2.24) is 0 Å². The normalized spacial score (nSPS) is 11.8. The van der Waals surface area contributed by atoms with Gasteiger partial charge in [0.2, 0.25) is 6.08 Å². The topological polar surface area (TPSA) is 53.5 Å². The van der Waals surface area contributed by atoms with Crippen LogP contribution in [0.5, 0.6) is 0 Å². The van der Waals surface area contributed by atoms with Crippen LogP contribution in [-0.2, 0) is 9.53 Å². The minimum Gasteiger partial charge on any atom is -0.377 e. The number of hydrogen-bond acceptors (Lipinski definition) is 3. The lowest BCUT2D eigenvalue weighted by molar-refractivity contribution is 0.475.